The van der Waals surface area contributed by atoms with Gasteiger partial charge in [0.25, 0.3) is 0 Å². The van der Waals surface area contributed by atoms with Crippen LogP contribution < -0.4 is 15.5 Å². The molecule has 1 aliphatic heterocycles. The molecule has 0 spiro atoms. The van der Waals surface area contributed by atoms with Gasteiger partial charge in [-0.3, -0.25) is 4.79 Å². The predicted molar refractivity (Wildman–Crippen MR) is 86.0 cm³/mol. The number of anilines is 1. The van der Waals surface area contributed by atoms with Gasteiger partial charge in [0, 0.05) is 30.9 Å². The summed E-state index contributed by atoms with van der Waals surface area (Å²) in [6, 6.07) is 2.33. The SMILES string of the molecule is CCc1cc(N2CCC(NC(=O)CNC)CC2)ncn1.Cl. The summed E-state index contributed by atoms with van der Waals surface area (Å²) in [5.41, 5.74) is 1.07. The number of rotatable bonds is 5. The predicted octanol–water partition coefficient (Wildman–Crippen LogP) is 0.765. The van der Waals surface area contributed by atoms with Crippen molar-refractivity contribution in [1.29, 1.82) is 0 Å². The lowest BCUT2D eigenvalue weighted by atomic mass is 10.0. The second kappa shape index (κ2) is 8.79. The molecule has 1 saturated heterocycles. The van der Waals surface area contributed by atoms with Crippen molar-refractivity contribution in [1.82, 2.24) is 20.6 Å². The van der Waals surface area contributed by atoms with Crippen LogP contribution >= 0.6 is 12.4 Å². The Balaban J connectivity index is 0.00000220. The molecule has 1 aromatic heterocycles. The Labute approximate surface area is 132 Å². The van der Waals surface area contributed by atoms with E-state index in [-0.39, 0.29) is 24.4 Å². The van der Waals surface area contributed by atoms with E-state index < -0.39 is 0 Å². The zero-order chi connectivity index (χ0) is 14.4. The molecule has 0 saturated carbocycles. The Bertz CT molecular complexity index is 449. The highest BCUT2D eigenvalue weighted by Crippen LogP contribution is 2.18. The van der Waals surface area contributed by atoms with Crippen molar-refractivity contribution < 1.29 is 4.79 Å². The minimum absolute atomic E-state index is 0. The molecule has 0 aromatic carbocycles. The Hall–Kier alpha value is -1.40. The monoisotopic (exact) mass is 313 g/mol. The van der Waals surface area contributed by atoms with Crippen LogP contribution in [0.25, 0.3) is 0 Å². The molecule has 21 heavy (non-hydrogen) atoms. The van der Waals surface area contributed by atoms with Gasteiger partial charge in [-0.25, -0.2) is 9.97 Å². The zero-order valence-corrected chi connectivity index (χ0v) is 13.4. The number of carbonyl (C=O) groups is 1. The first kappa shape index (κ1) is 17.7. The highest BCUT2D eigenvalue weighted by Gasteiger charge is 2.21. The van der Waals surface area contributed by atoms with Crippen molar-refractivity contribution in [3.05, 3.63) is 18.1 Å². The van der Waals surface area contributed by atoms with Crippen LogP contribution in [0.4, 0.5) is 5.82 Å². The molecule has 7 heteroatoms. The average Bonchev–Trinajstić information content (AvgIpc) is 2.48. The quantitative estimate of drug-likeness (QED) is 0.840. The highest BCUT2D eigenvalue weighted by atomic mass is 35.5. The third kappa shape index (κ3) is 5.13. The number of halogens is 1. The molecule has 1 aromatic rings. The van der Waals surface area contributed by atoms with Crippen LogP contribution in [-0.4, -0.2) is 48.6 Å². The maximum absolute atomic E-state index is 11.5. The number of amides is 1. The van der Waals surface area contributed by atoms with E-state index in [4.69, 9.17) is 0 Å². The fourth-order valence-corrected chi connectivity index (χ4v) is 2.44. The summed E-state index contributed by atoms with van der Waals surface area (Å²) in [5.74, 6) is 1.07. The van der Waals surface area contributed by atoms with Gasteiger partial charge >= 0.3 is 0 Å². The van der Waals surface area contributed by atoms with Crippen LogP contribution in [0.2, 0.25) is 0 Å². The van der Waals surface area contributed by atoms with E-state index in [1.54, 1.807) is 13.4 Å². The number of nitrogens with one attached hydrogen (secondary N) is 2. The maximum atomic E-state index is 11.5. The Kier molecular flexibility index (Phi) is 7.39. The second-order valence-corrected chi connectivity index (χ2v) is 5.08. The first-order valence-electron chi connectivity index (χ1n) is 7.22. The standard InChI is InChI=1S/C14H23N5O.ClH/c1-3-11-8-13(17-10-16-11)19-6-4-12(5-7-19)18-14(20)9-15-2;/h8,10,12,15H,3-7,9H2,1-2H3,(H,18,20);1H. The summed E-state index contributed by atoms with van der Waals surface area (Å²) in [6.07, 6.45) is 4.48. The number of likely N-dealkylation sites (N-methyl/N-ethyl adjacent to an activating group) is 1. The molecule has 0 atom stereocenters. The highest BCUT2D eigenvalue weighted by molar-refractivity contribution is 5.85. The third-order valence-electron chi connectivity index (χ3n) is 3.59. The average molecular weight is 314 g/mol. The summed E-state index contributed by atoms with van der Waals surface area (Å²) < 4.78 is 0. The van der Waals surface area contributed by atoms with E-state index in [2.05, 4.69) is 38.5 Å². The Morgan fingerprint density at radius 1 is 1.38 bits per heavy atom. The van der Waals surface area contributed by atoms with E-state index in [0.29, 0.717) is 6.54 Å². The topological polar surface area (TPSA) is 70.2 Å². The number of nitrogens with zero attached hydrogens (tertiary/aromatic N) is 3. The number of aryl methyl sites for hydroxylation is 1. The molecule has 1 aliphatic rings. The molecule has 1 amide bonds. The Morgan fingerprint density at radius 3 is 2.71 bits per heavy atom. The molecule has 0 radical (unpaired) electrons. The van der Waals surface area contributed by atoms with Crippen molar-refractivity contribution in [2.45, 2.75) is 32.2 Å². The molecule has 0 bridgehead atoms. The lowest BCUT2D eigenvalue weighted by Gasteiger charge is -2.33. The van der Waals surface area contributed by atoms with Crippen LogP contribution in [0.1, 0.15) is 25.5 Å². The molecular formula is C14H24ClN5O. The number of carbonyl (C=O) groups excluding carboxylic acids is 1. The summed E-state index contributed by atoms with van der Waals surface area (Å²) in [6.45, 7) is 4.32. The molecule has 1 fully saturated rings. The maximum Gasteiger partial charge on any atom is 0.234 e. The zero-order valence-electron chi connectivity index (χ0n) is 12.6. The van der Waals surface area contributed by atoms with E-state index in [1.165, 1.54) is 0 Å². The molecular weight excluding hydrogens is 290 g/mol. The van der Waals surface area contributed by atoms with E-state index >= 15 is 0 Å². The molecule has 6 nitrogen and oxygen atoms in total. The summed E-state index contributed by atoms with van der Waals surface area (Å²) >= 11 is 0. The van der Waals surface area contributed by atoms with Gasteiger partial charge in [0.2, 0.25) is 5.91 Å². The van der Waals surface area contributed by atoms with Crippen LogP contribution in [0.3, 0.4) is 0 Å². The normalized spacial score (nSPS) is 15.4. The smallest absolute Gasteiger partial charge is 0.234 e. The van der Waals surface area contributed by atoms with Crippen LogP contribution in [0, 0.1) is 0 Å². The molecule has 2 heterocycles. The van der Waals surface area contributed by atoms with Crippen LogP contribution in [0.15, 0.2) is 12.4 Å². The molecule has 118 valence electrons. The van der Waals surface area contributed by atoms with Gasteiger partial charge in [-0.2, -0.15) is 0 Å². The Morgan fingerprint density at radius 2 is 2.10 bits per heavy atom. The number of piperidine rings is 1. The lowest BCUT2D eigenvalue weighted by Crippen LogP contribution is -2.46. The first-order valence-corrected chi connectivity index (χ1v) is 7.22. The summed E-state index contributed by atoms with van der Waals surface area (Å²) in [5, 5.41) is 5.92. The largest absolute Gasteiger partial charge is 0.356 e. The molecule has 0 aliphatic carbocycles. The third-order valence-corrected chi connectivity index (χ3v) is 3.59. The van der Waals surface area contributed by atoms with E-state index in [0.717, 1.165) is 43.9 Å². The van der Waals surface area contributed by atoms with Crippen LogP contribution in [0.5, 0.6) is 0 Å². The fraction of sp³-hybridized carbons (Fsp3) is 0.643. The van der Waals surface area contributed by atoms with Crippen molar-refractivity contribution in [3.8, 4) is 0 Å². The van der Waals surface area contributed by atoms with E-state index in [9.17, 15) is 4.79 Å². The van der Waals surface area contributed by atoms with Crippen LogP contribution in [-0.2, 0) is 11.2 Å². The van der Waals surface area contributed by atoms with Gasteiger partial charge in [-0.15, -0.1) is 12.4 Å². The van der Waals surface area contributed by atoms with E-state index in [1.807, 2.05) is 0 Å². The van der Waals surface area contributed by atoms with Crippen molar-refractivity contribution in [2.75, 3.05) is 31.6 Å². The molecule has 2 rings (SSSR count). The van der Waals surface area contributed by atoms with Gasteiger partial charge in [-0.05, 0) is 26.3 Å². The summed E-state index contributed by atoms with van der Waals surface area (Å²) in [4.78, 5) is 22.4. The van der Waals surface area contributed by atoms with Gasteiger partial charge in [0.15, 0.2) is 0 Å². The van der Waals surface area contributed by atoms with Gasteiger partial charge < -0.3 is 15.5 Å². The van der Waals surface area contributed by atoms with Crippen molar-refractivity contribution in [2.24, 2.45) is 0 Å². The minimum Gasteiger partial charge on any atom is -0.356 e. The minimum atomic E-state index is 0. The molecule has 0 unspecified atom stereocenters. The van der Waals surface area contributed by atoms with Gasteiger partial charge in [0.1, 0.15) is 12.1 Å². The lowest BCUT2D eigenvalue weighted by molar-refractivity contribution is -0.120. The van der Waals surface area contributed by atoms with Gasteiger partial charge in [-0.1, -0.05) is 6.92 Å². The first-order chi connectivity index (χ1) is 9.72. The second-order valence-electron chi connectivity index (χ2n) is 5.08. The van der Waals surface area contributed by atoms with Gasteiger partial charge in [0.05, 0.1) is 6.54 Å². The fourth-order valence-electron chi connectivity index (χ4n) is 2.44. The number of hydrogen-bond donors (Lipinski definition) is 2. The van der Waals surface area contributed by atoms with Crippen molar-refractivity contribution >= 4 is 24.1 Å². The number of hydrogen-bond acceptors (Lipinski definition) is 5. The molecule has 2 N–H and O–H groups in total. The summed E-state index contributed by atoms with van der Waals surface area (Å²) in [7, 11) is 1.78. The number of aromatic nitrogens is 2. The van der Waals surface area contributed by atoms with Crippen molar-refractivity contribution in [3.63, 3.8) is 0 Å².